The molecule has 3 aliphatic rings. The minimum atomic E-state index is -0.396. The minimum absolute atomic E-state index is 0.0856. The van der Waals surface area contributed by atoms with Crippen LogP contribution in [-0.2, 0) is 16.1 Å². The Labute approximate surface area is 218 Å². The number of ether oxygens (including phenoxy) is 4. The summed E-state index contributed by atoms with van der Waals surface area (Å²) in [6, 6.07) is 5.76. The second-order valence-electron chi connectivity index (χ2n) is 10.9. The van der Waals surface area contributed by atoms with Gasteiger partial charge >= 0.3 is 5.88 Å². The Bertz CT molecular complexity index is 1220. The van der Waals surface area contributed by atoms with Crippen molar-refractivity contribution in [1.29, 1.82) is 0 Å². The van der Waals surface area contributed by atoms with E-state index in [9.17, 15) is 4.79 Å². The van der Waals surface area contributed by atoms with Crippen molar-refractivity contribution < 1.29 is 33.2 Å². The van der Waals surface area contributed by atoms with E-state index in [4.69, 9.17) is 29.7 Å². The summed E-state index contributed by atoms with van der Waals surface area (Å²) in [4.78, 5) is 19.8. The van der Waals surface area contributed by atoms with Gasteiger partial charge in [0.25, 0.3) is 0 Å². The molecule has 1 saturated heterocycles. The van der Waals surface area contributed by atoms with Crippen LogP contribution < -0.4 is 29.4 Å². The number of nitrogens with one attached hydrogen (secondary N) is 1. The van der Waals surface area contributed by atoms with Crippen molar-refractivity contribution in [3.63, 3.8) is 0 Å². The summed E-state index contributed by atoms with van der Waals surface area (Å²) in [6.45, 7) is 9.68. The topological polar surface area (TPSA) is 101 Å². The van der Waals surface area contributed by atoms with Gasteiger partial charge in [-0.05, 0) is 23.1 Å². The van der Waals surface area contributed by atoms with Crippen molar-refractivity contribution in [3.8, 4) is 17.4 Å². The lowest BCUT2D eigenvalue weighted by molar-refractivity contribution is -0.910. The van der Waals surface area contributed by atoms with Crippen LogP contribution in [0.25, 0.3) is 0 Å². The van der Waals surface area contributed by atoms with Crippen molar-refractivity contribution in [3.05, 3.63) is 47.0 Å². The average Bonchev–Trinajstić information content (AvgIpc) is 2.88. The van der Waals surface area contributed by atoms with E-state index >= 15 is 0 Å². The first-order valence-corrected chi connectivity index (χ1v) is 13.1. The monoisotopic (exact) mass is 510 g/mol. The number of ketones is 1. The lowest BCUT2D eigenvalue weighted by Crippen LogP contribution is -3.14. The molecule has 1 aromatic heterocycles. The van der Waals surface area contributed by atoms with Crippen LogP contribution in [0.4, 0.5) is 5.82 Å². The van der Waals surface area contributed by atoms with E-state index in [1.54, 1.807) is 25.4 Å². The van der Waals surface area contributed by atoms with Gasteiger partial charge in [-0.2, -0.15) is 0 Å². The molecule has 0 bridgehead atoms. The molecular formula is C28H38N4O5+2. The molecule has 2 aliphatic heterocycles. The Hall–Kier alpha value is -3.17. The van der Waals surface area contributed by atoms with Gasteiger partial charge in [-0.1, -0.05) is 24.9 Å². The molecular weight excluding hydrogens is 472 g/mol. The molecule has 2 aromatic rings. The van der Waals surface area contributed by atoms with E-state index < -0.39 is 5.92 Å². The second kappa shape index (κ2) is 10.3. The van der Waals surface area contributed by atoms with Gasteiger partial charge in [0.05, 0.1) is 46.4 Å². The number of quaternary nitrogens is 1. The molecule has 0 radical (unpaired) electrons. The predicted octanol–water partition coefficient (Wildman–Crippen LogP) is 1.44. The van der Waals surface area contributed by atoms with Gasteiger partial charge in [0.1, 0.15) is 24.4 Å². The third-order valence-electron chi connectivity index (χ3n) is 7.68. The van der Waals surface area contributed by atoms with Gasteiger partial charge in [0, 0.05) is 24.8 Å². The highest BCUT2D eigenvalue weighted by Gasteiger charge is 2.45. The van der Waals surface area contributed by atoms with E-state index in [0.29, 0.717) is 47.4 Å². The molecule has 1 aromatic carbocycles. The van der Waals surface area contributed by atoms with Crippen LogP contribution >= 0.6 is 0 Å². The number of aromatic nitrogens is 2. The van der Waals surface area contributed by atoms with E-state index in [0.717, 1.165) is 56.9 Å². The lowest BCUT2D eigenvalue weighted by atomic mass is 9.70. The molecule has 0 saturated carbocycles. The lowest BCUT2D eigenvalue weighted by Gasteiger charge is -2.37. The number of morpholine rings is 1. The number of hydrogen-bond acceptors (Lipinski definition) is 7. The van der Waals surface area contributed by atoms with Crippen molar-refractivity contribution in [2.45, 2.75) is 45.6 Å². The predicted molar refractivity (Wildman–Crippen MR) is 137 cm³/mol. The number of hydrogen-bond donors (Lipinski definition) is 2. The molecule has 9 heteroatoms. The maximum atomic E-state index is 13.6. The SMILES string of the molecule is COc1ccc([C@H]2C3=C(CC(C)(C)CC3=O)Oc3nc[n+](CCC[NH+]4CCOCC4)c(N)c32)cc1OC. The zero-order chi connectivity index (χ0) is 26.2. The number of nitrogens with two attached hydrogens (primary N) is 1. The van der Waals surface area contributed by atoms with E-state index in [-0.39, 0.29) is 11.2 Å². The number of rotatable bonds is 7. The zero-order valence-electron chi connectivity index (χ0n) is 22.3. The third kappa shape index (κ3) is 5.02. The van der Waals surface area contributed by atoms with Gasteiger partial charge in [-0.15, -0.1) is 0 Å². The average molecular weight is 511 g/mol. The molecule has 5 rings (SSSR count). The van der Waals surface area contributed by atoms with Crippen LogP contribution in [0.2, 0.25) is 0 Å². The molecule has 0 amide bonds. The van der Waals surface area contributed by atoms with Crippen LogP contribution in [0.15, 0.2) is 35.9 Å². The van der Waals surface area contributed by atoms with Crippen molar-refractivity contribution in [1.82, 2.24) is 4.98 Å². The highest BCUT2D eigenvalue weighted by Crippen LogP contribution is 2.51. The number of fused-ring (bicyclic) bond motifs is 1. The number of aryl methyl sites for hydroxylation is 1. The quantitative estimate of drug-likeness (QED) is 0.544. The standard InChI is InChI=1S/C28H36N4O5/c1-28(2)15-19(33)24-22(16-28)37-27-25(23(24)18-6-7-20(34-3)21(14-18)35-4)26(29)32(17-30-27)9-5-8-31-10-12-36-13-11-31/h6-7,14,17,23,29H,5,8-13,15-16H2,1-4H3/p+2/t23-/m0/s1. The number of nitrogens with zero attached hydrogens (tertiary/aromatic N) is 2. The Morgan fingerprint density at radius 2 is 1.92 bits per heavy atom. The van der Waals surface area contributed by atoms with Gasteiger partial charge < -0.3 is 29.6 Å². The number of Topliss-reactive ketones (excluding diaryl/α,β-unsaturated/α-hetero) is 1. The van der Waals surface area contributed by atoms with Gasteiger partial charge in [-0.25, -0.2) is 4.57 Å². The molecule has 0 unspecified atom stereocenters. The summed E-state index contributed by atoms with van der Waals surface area (Å²) in [5, 5.41) is 0. The van der Waals surface area contributed by atoms with Crippen LogP contribution in [0.3, 0.4) is 0 Å². The highest BCUT2D eigenvalue weighted by molar-refractivity contribution is 6.00. The third-order valence-corrected chi connectivity index (χ3v) is 7.68. The first kappa shape index (κ1) is 25.5. The number of carbonyl (C=O) groups is 1. The highest BCUT2D eigenvalue weighted by atomic mass is 16.5. The Morgan fingerprint density at radius 3 is 2.65 bits per heavy atom. The zero-order valence-corrected chi connectivity index (χ0v) is 22.3. The first-order valence-electron chi connectivity index (χ1n) is 13.1. The molecule has 0 spiro atoms. The summed E-state index contributed by atoms with van der Waals surface area (Å²) in [5.74, 6) is 2.65. The number of benzene rings is 1. The van der Waals surface area contributed by atoms with Gasteiger partial charge in [0.15, 0.2) is 17.3 Å². The normalized spacial score (nSPS) is 21.2. The fourth-order valence-corrected chi connectivity index (χ4v) is 5.78. The van der Waals surface area contributed by atoms with Crippen LogP contribution in [0, 0.1) is 5.41 Å². The molecule has 37 heavy (non-hydrogen) atoms. The van der Waals surface area contributed by atoms with Crippen LogP contribution in [0.5, 0.6) is 17.4 Å². The first-order chi connectivity index (χ1) is 17.8. The summed E-state index contributed by atoms with van der Waals surface area (Å²) >= 11 is 0. The maximum absolute atomic E-state index is 13.6. The molecule has 1 aliphatic carbocycles. The Kier molecular flexibility index (Phi) is 7.09. The van der Waals surface area contributed by atoms with Gasteiger partial charge in [0.2, 0.25) is 12.1 Å². The number of methoxy groups -OCH3 is 2. The largest absolute Gasteiger partial charge is 0.493 e. The smallest absolute Gasteiger partial charge is 0.305 e. The van der Waals surface area contributed by atoms with Crippen molar-refractivity contribution in [2.24, 2.45) is 5.41 Å². The Balaban J connectivity index is 1.54. The molecule has 1 atom stereocenters. The van der Waals surface area contributed by atoms with E-state index in [1.165, 1.54) is 0 Å². The minimum Gasteiger partial charge on any atom is -0.493 e. The summed E-state index contributed by atoms with van der Waals surface area (Å²) in [6.07, 6.45) is 3.84. The second-order valence-corrected chi connectivity index (χ2v) is 10.9. The summed E-state index contributed by atoms with van der Waals surface area (Å²) in [7, 11) is 3.22. The van der Waals surface area contributed by atoms with Crippen LogP contribution in [0.1, 0.15) is 50.2 Å². The summed E-state index contributed by atoms with van der Waals surface area (Å²) < 4.78 is 24.8. The number of anilines is 1. The van der Waals surface area contributed by atoms with Crippen molar-refractivity contribution >= 4 is 11.6 Å². The molecule has 198 valence electrons. The molecule has 9 nitrogen and oxygen atoms in total. The van der Waals surface area contributed by atoms with Gasteiger partial charge in [-0.3, -0.25) is 4.79 Å². The van der Waals surface area contributed by atoms with Crippen LogP contribution in [-0.4, -0.2) is 57.8 Å². The molecule has 1 fully saturated rings. The molecule has 3 N–H and O–H groups in total. The van der Waals surface area contributed by atoms with Crippen molar-refractivity contribution in [2.75, 3.05) is 52.8 Å². The number of carbonyl (C=O) groups excluding carboxylic acids is 1. The number of allylic oxidation sites excluding steroid dienone is 2. The number of nitrogen functional groups attached to an aromatic ring is 1. The van der Waals surface area contributed by atoms with E-state index in [2.05, 4.69) is 13.8 Å². The fraction of sp³-hybridized carbons (Fsp3) is 0.536. The summed E-state index contributed by atoms with van der Waals surface area (Å²) in [5.41, 5.74) is 8.94. The maximum Gasteiger partial charge on any atom is 0.305 e. The van der Waals surface area contributed by atoms with E-state index in [1.807, 2.05) is 22.8 Å². The fourth-order valence-electron chi connectivity index (χ4n) is 5.78. The Morgan fingerprint density at radius 1 is 1.16 bits per heavy atom. The molecule has 3 heterocycles.